The van der Waals surface area contributed by atoms with Crippen molar-refractivity contribution >= 4 is 0 Å². The Bertz CT molecular complexity index is 755. The lowest BCUT2D eigenvalue weighted by molar-refractivity contribution is 0.418. The minimum Gasteiger partial charge on any atom is -0.453 e. The molecule has 0 saturated carbocycles. The average molecular weight is 305 g/mol. The van der Waals surface area contributed by atoms with Gasteiger partial charge in [0.2, 0.25) is 0 Å². The fourth-order valence-electron chi connectivity index (χ4n) is 2.20. The maximum atomic E-state index is 5.99. The zero-order valence-corrected chi connectivity index (χ0v) is 13.0. The van der Waals surface area contributed by atoms with Gasteiger partial charge in [0.1, 0.15) is 11.5 Å². The Balaban J connectivity index is 1.94. The summed E-state index contributed by atoms with van der Waals surface area (Å²) in [4.78, 5) is 0. The van der Waals surface area contributed by atoms with Crippen molar-refractivity contribution in [2.24, 2.45) is 5.73 Å². The zero-order valence-electron chi connectivity index (χ0n) is 13.0. The predicted octanol–water partition coefficient (Wildman–Crippen LogP) is 5.29. The zero-order chi connectivity index (χ0) is 16.1. The molecule has 3 nitrogen and oxygen atoms in total. The van der Waals surface area contributed by atoms with Crippen LogP contribution in [0.25, 0.3) is 0 Å². The molecule has 0 bridgehead atoms. The molecule has 0 aromatic heterocycles. The van der Waals surface area contributed by atoms with Gasteiger partial charge in [-0.2, -0.15) is 0 Å². The van der Waals surface area contributed by atoms with E-state index in [1.165, 1.54) is 0 Å². The molecule has 3 rings (SSSR count). The lowest BCUT2D eigenvalue weighted by Crippen LogP contribution is -2.05. The van der Waals surface area contributed by atoms with Crippen molar-refractivity contribution in [3.8, 4) is 23.0 Å². The van der Waals surface area contributed by atoms with Crippen molar-refractivity contribution in [2.45, 2.75) is 13.0 Å². The van der Waals surface area contributed by atoms with Gasteiger partial charge in [0.05, 0.1) is 0 Å². The number of para-hydroxylation sites is 2. The first-order valence-electron chi connectivity index (χ1n) is 7.58. The summed E-state index contributed by atoms with van der Waals surface area (Å²) < 4.78 is 11.9. The van der Waals surface area contributed by atoms with Crippen molar-refractivity contribution < 1.29 is 9.47 Å². The second-order valence-corrected chi connectivity index (χ2v) is 5.33. The van der Waals surface area contributed by atoms with Gasteiger partial charge in [-0.3, -0.25) is 0 Å². The first-order chi connectivity index (χ1) is 11.2. The van der Waals surface area contributed by atoms with Crippen LogP contribution in [0.4, 0.5) is 0 Å². The van der Waals surface area contributed by atoms with E-state index in [4.69, 9.17) is 15.2 Å². The Morgan fingerprint density at radius 2 is 1.22 bits per heavy atom. The molecule has 0 aliphatic heterocycles. The molecule has 0 aliphatic carbocycles. The standard InChI is InChI=1S/C20H19NO2/c1-15(21)16-12-13-19(22-17-8-4-2-5-9-17)20(14-16)23-18-10-6-3-7-11-18/h2-15H,21H2,1H3/t15-/m1/s1. The number of rotatable bonds is 5. The molecule has 3 aromatic carbocycles. The highest BCUT2D eigenvalue weighted by Gasteiger charge is 2.11. The third kappa shape index (κ3) is 3.90. The molecule has 0 aliphatic rings. The molecule has 116 valence electrons. The normalized spacial score (nSPS) is 11.7. The summed E-state index contributed by atoms with van der Waals surface area (Å²) in [7, 11) is 0. The molecule has 23 heavy (non-hydrogen) atoms. The molecule has 0 saturated heterocycles. The van der Waals surface area contributed by atoms with Crippen LogP contribution in [0.2, 0.25) is 0 Å². The summed E-state index contributed by atoms with van der Waals surface area (Å²) in [5, 5.41) is 0. The molecule has 0 spiro atoms. The van der Waals surface area contributed by atoms with Crippen LogP contribution in [-0.4, -0.2) is 0 Å². The van der Waals surface area contributed by atoms with Crippen molar-refractivity contribution in [3.63, 3.8) is 0 Å². The SMILES string of the molecule is C[C@@H](N)c1ccc(Oc2ccccc2)c(Oc2ccccc2)c1. The Morgan fingerprint density at radius 3 is 1.74 bits per heavy atom. The van der Waals surface area contributed by atoms with Crippen LogP contribution in [0, 0.1) is 0 Å². The van der Waals surface area contributed by atoms with E-state index in [0.717, 1.165) is 17.1 Å². The van der Waals surface area contributed by atoms with Gasteiger partial charge < -0.3 is 15.2 Å². The van der Waals surface area contributed by atoms with Crippen molar-refractivity contribution in [1.82, 2.24) is 0 Å². The molecule has 0 fully saturated rings. The predicted molar refractivity (Wildman–Crippen MR) is 92.1 cm³/mol. The number of benzene rings is 3. The largest absolute Gasteiger partial charge is 0.453 e. The summed E-state index contributed by atoms with van der Waals surface area (Å²) in [6.07, 6.45) is 0. The summed E-state index contributed by atoms with van der Waals surface area (Å²) in [5.74, 6) is 2.82. The van der Waals surface area contributed by atoms with Crippen molar-refractivity contribution in [3.05, 3.63) is 84.4 Å². The van der Waals surface area contributed by atoms with Gasteiger partial charge in [0.15, 0.2) is 11.5 Å². The highest BCUT2D eigenvalue weighted by atomic mass is 16.5. The van der Waals surface area contributed by atoms with Crippen LogP contribution in [0.1, 0.15) is 18.5 Å². The minimum absolute atomic E-state index is 0.0705. The van der Waals surface area contributed by atoms with Gasteiger partial charge in [-0.05, 0) is 48.9 Å². The summed E-state index contributed by atoms with van der Waals surface area (Å²) in [5.41, 5.74) is 6.98. The Labute approximate surface area is 136 Å². The second-order valence-electron chi connectivity index (χ2n) is 5.33. The molecule has 0 amide bonds. The Hall–Kier alpha value is -2.78. The van der Waals surface area contributed by atoms with Gasteiger partial charge in [0.25, 0.3) is 0 Å². The molecule has 0 radical (unpaired) electrons. The molecular formula is C20H19NO2. The third-order valence-electron chi connectivity index (χ3n) is 3.44. The monoisotopic (exact) mass is 305 g/mol. The van der Waals surface area contributed by atoms with Gasteiger partial charge >= 0.3 is 0 Å². The lowest BCUT2D eigenvalue weighted by Gasteiger charge is -2.15. The van der Waals surface area contributed by atoms with Crippen LogP contribution in [0.5, 0.6) is 23.0 Å². The number of hydrogen-bond acceptors (Lipinski definition) is 3. The Kier molecular flexibility index (Phi) is 4.60. The maximum Gasteiger partial charge on any atom is 0.170 e. The van der Waals surface area contributed by atoms with Gasteiger partial charge in [0, 0.05) is 6.04 Å². The molecule has 3 aromatic rings. The molecule has 1 atom stereocenters. The molecular weight excluding hydrogens is 286 g/mol. The van der Waals surface area contributed by atoms with Crippen LogP contribution < -0.4 is 15.2 Å². The second kappa shape index (κ2) is 6.99. The van der Waals surface area contributed by atoms with Crippen LogP contribution in [0.15, 0.2) is 78.9 Å². The first kappa shape index (κ1) is 15.1. The lowest BCUT2D eigenvalue weighted by atomic mass is 10.1. The molecule has 3 heteroatoms. The van der Waals surface area contributed by atoms with Crippen molar-refractivity contribution in [2.75, 3.05) is 0 Å². The van der Waals surface area contributed by atoms with E-state index in [1.54, 1.807) is 0 Å². The number of nitrogens with two attached hydrogens (primary N) is 1. The average Bonchev–Trinajstić information content (AvgIpc) is 2.58. The van der Waals surface area contributed by atoms with E-state index in [9.17, 15) is 0 Å². The van der Waals surface area contributed by atoms with Crippen LogP contribution in [0.3, 0.4) is 0 Å². The topological polar surface area (TPSA) is 44.5 Å². The highest BCUT2D eigenvalue weighted by molar-refractivity contribution is 5.48. The van der Waals surface area contributed by atoms with Gasteiger partial charge in [-0.15, -0.1) is 0 Å². The fourth-order valence-corrected chi connectivity index (χ4v) is 2.20. The summed E-state index contributed by atoms with van der Waals surface area (Å²) in [6, 6.07) is 25.0. The van der Waals surface area contributed by atoms with Crippen LogP contribution in [-0.2, 0) is 0 Å². The number of hydrogen-bond donors (Lipinski definition) is 1. The van der Waals surface area contributed by atoms with Gasteiger partial charge in [-0.25, -0.2) is 0 Å². The highest BCUT2D eigenvalue weighted by Crippen LogP contribution is 2.36. The van der Waals surface area contributed by atoms with E-state index in [1.807, 2.05) is 85.8 Å². The van der Waals surface area contributed by atoms with Crippen LogP contribution >= 0.6 is 0 Å². The van der Waals surface area contributed by atoms with Gasteiger partial charge in [-0.1, -0.05) is 42.5 Å². The molecule has 0 unspecified atom stereocenters. The van der Waals surface area contributed by atoms with E-state index in [0.29, 0.717) is 11.5 Å². The van der Waals surface area contributed by atoms with Crippen molar-refractivity contribution in [1.29, 1.82) is 0 Å². The summed E-state index contributed by atoms with van der Waals surface area (Å²) >= 11 is 0. The van der Waals surface area contributed by atoms with E-state index < -0.39 is 0 Å². The fraction of sp³-hybridized carbons (Fsp3) is 0.100. The number of ether oxygens (including phenoxy) is 2. The summed E-state index contributed by atoms with van der Waals surface area (Å²) in [6.45, 7) is 1.94. The van der Waals surface area contributed by atoms with E-state index in [-0.39, 0.29) is 6.04 Å². The van der Waals surface area contributed by atoms with E-state index in [2.05, 4.69) is 0 Å². The van der Waals surface area contributed by atoms with E-state index >= 15 is 0 Å². The molecule has 2 N–H and O–H groups in total. The smallest absolute Gasteiger partial charge is 0.170 e. The Morgan fingerprint density at radius 1 is 0.696 bits per heavy atom. The maximum absolute atomic E-state index is 5.99. The molecule has 0 heterocycles. The quantitative estimate of drug-likeness (QED) is 0.696. The first-order valence-corrected chi connectivity index (χ1v) is 7.58. The third-order valence-corrected chi connectivity index (χ3v) is 3.44. The minimum atomic E-state index is -0.0705.